The molecule has 3 N–H and O–H groups in total. The van der Waals surface area contributed by atoms with Crippen molar-refractivity contribution < 1.29 is 24.5 Å². The maximum absolute atomic E-state index is 12.8. The molecule has 1 atom stereocenters. The second-order valence-electron chi connectivity index (χ2n) is 10.4. The number of benzene rings is 1. The number of carbonyl (C=O) groups excluding carboxylic acids is 2. The third-order valence-electron chi connectivity index (χ3n) is 7.55. The summed E-state index contributed by atoms with van der Waals surface area (Å²) in [5, 5.41) is 22.4. The Morgan fingerprint density at radius 2 is 1.71 bits per heavy atom. The molecule has 2 aliphatic heterocycles. The van der Waals surface area contributed by atoms with Crippen molar-refractivity contribution in [2.45, 2.75) is 45.6 Å². The molecule has 0 aliphatic carbocycles. The highest BCUT2D eigenvalue weighted by atomic mass is 16.5. The first kappa shape index (κ1) is 27.8. The second-order valence-corrected chi connectivity index (χ2v) is 10.4. The summed E-state index contributed by atoms with van der Waals surface area (Å²) in [7, 11) is 0. The van der Waals surface area contributed by atoms with Crippen LogP contribution in [-0.4, -0.2) is 100 Å². The third kappa shape index (κ3) is 6.99. The van der Waals surface area contributed by atoms with Gasteiger partial charge in [-0.2, -0.15) is 0 Å². The predicted molar refractivity (Wildman–Crippen MR) is 146 cm³/mol. The highest BCUT2D eigenvalue weighted by molar-refractivity contribution is 5.93. The fourth-order valence-corrected chi connectivity index (χ4v) is 5.42. The number of anilines is 1. The summed E-state index contributed by atoms with van der Waals surface area (Å²) in [6.07, 6.45) is 3.93. The SMILES string of the molecule is CCCN(CC1CCN(C(=O)N2CCOCC2)CC1)C(C)Cc1cccc(NC(=O)n2c(O)ccc2O)c1. The van der Waals surface area contributed by atoms with Gasteiger partial charge in [-0.1, -0.05) is 19.1 Å². The van der Waals surface area contributed by atoms with Crippen LogP contribution in [-0.2, 0) is 11.2 Å². The molecule has 0 radical (unpaired) electrons. The molecule has 0 spiro atoms. The van der Waals surface area contributed by atoms with Crippen LogP contribution in [0.25, 0.3) is 0 Å². The fourth-order valence-electron chi connectivity index (χ4n) is 5.42. The molecule has 0 bridgehead atoms. The summed E-state index contributed by atoms with van der Waals surface area (Å²) >= 11 is 0. The molecule has 10 heteroatoms. The first-order valence-electron chi connectivity index (χ1n) is 13.7. The van der Waals surface area contributed by atoms with Crippen molar-refractivity contribution in [2.75, 3.05) is 57.8 Å². The Morgan fingerprint density at radius 3 is 2.37 bits per heavy atom. The molecule has 3 amide bonds. The van der Waals surface area contributed by atoms with E-state index in [0.717, 1.165) is 62.0 Å². The minimum absolute atomic E-state index is 0.153. The van der Waals surface area contributed by atoms with E-state index in [0.29, 0.717) is 44.0 Å². The lowest BCUT2D eigenvalue weighted by atomic mass is 9.95. The summed E-state index contributed by atoms with van der Waals surface area (Å²) in [5.41, 5.74) is 1.70. The number of urea groups is 1. The number of nitrogens with one attached hydrogen (secondary N) is 1. The van der Waals surface area contributed by atoms with Crippen molar-refractivity contribution >= 4 is 17.7 Å². The first-order valence-corrected chi connectivity index (χ1v) is 13.7. The predicted octanol–water partition coefficient (Wildman–Crippen LogP) is 3.79. The van der Waals surface area contributed by atoms with Gasteiger partial charge in [0.2, 0.25) is 11.8 Å². The number of piperidine rings is 1. The van der Waals surface area contributed by atoms with E-state index in [-0.39, 0.29) is 17.8 Å². The Hall–Kier alpha value is -3.24. The number of aromatic hydroxyl groups is 2. The Bertz CT molecular complexity index is 1060. The molecule has 4 rings (SSSR count). The Kier molecular flexibility index (Phi) is 9.52. The smallest absolute Gasteiger partial charge is 0.335 e. The van der Waals surface area contributed by atoms with Gasteiger partial charge in [0.05, 0.1) is 13.2 Å². The number of rotatable bonds is 8. The molecule has 208 valence electrons. The molecule has 0 saturated carbocycles. The van der Waals surface area contributed by atoms with Gasteiger partial charge in [-0.25, -0.2) is 14.2 Å². The van der Waals surface area contributed by atoms with Crippen LogP contribution < -0.4 is 5.32 Å². The zero-order valence-electron chi connectivity index (χ0n) is 22.5. The van der Waals surface area contributed by atoms with Crippen molar-refractivity contribution in [3.8, 4) is 11.8 Å². The Labute approximate surface area is 224 Å². The van der Waals surface area contributed by atoms with Crippen LogP contribution in [0, 0.1) is 5.92 Å². The highest BCUT2D eigenvalue weighted by Crippen LogP contribution is 2.24. The lowest BCUT2D eigenvalue weighted by molar-refractivity contribution is 0.0386. The maximum Gasteiger partial charge on any atom is 0.335 e. The van der Waals surface area contributed by atoms with Crippen molar-refractivity contribution in [1.29, 1.82) is 0 Å². The van der Waals surface area contributed by atoms with Crippen molar-refractivity contribution in [1.82, 2.24) is 19.3 Å². The normalized spacial score (nSPS) is 17.6. The minimum atomic E-state index is -0.624. The van der Waals surface area contributed by atoms with E-state index in [1.807, 2.05) is 21.9 Å². The number of hydrogen-bond donors (Lipinski definition) is 3. The largest absolute Gasteiger partial charge is 0.494 e. The van der Waals surface area contributed by atoms with E-state index in [4.69, 9.17) is 4.74 Å². The van der Waals surface area contributed by atoms with Gasteiger partial charge in [-0.15, -0.1) is 0 Å². The number of carbonyl (C=O) groups is 2. The molecule has 2 aliphatic rings. The number of nitrogens with zero attached hydrogens (tertiary/aromatic N) is 4. The van der Waals surface area contributed by atoms with Gasteiger partial charge in [0.25, 0.3) is 0 Å². The van der Waals surface area contributed by atoms with Gasteiger partial charge in [-0.3, -0.25) is 0 Å². The molecule has 2 saturated heterocycles. The van der Waals surface area contributed by atoms with Crippen molar-refractivity contribution in [2.24, 2.45) is 5.92 Å². The molecule has 38 heavy (non-hydrogen) atoms. The second kappa shape index (κ2) is 13.0. The first-order chi connectivity index (χ1) is 18.4. The lowest BCUT2D eigenvalue weighted by Crippen LogP contribution is -2.51. The van der Waals surface area contributed by atoms with E-state index >= 15 is 0 Å². The van der Waals surface area contributed by atoms with E-state index < -0.39 is 6.03 Å². The Morgan fingerprint density at radius 1 is 1.05 bits per heavy atom. The standard InChI is InChI=1S/C28H41N5O5/c1-3-11-32(20-22-9-12-30(13-10-22)28(37)31-14-16-38-17-15-31)21(2)18-23-5-4-6-24(19-23)29-27(36)33-25(34)7-8-26(33)35/h4-8,19,21-22,34-35H,3,9-18,20H2,1-2H3,(H,29,36). The molecule has 3 heterocycles. The van der Waals surface area contributed by atoms with Gasteiger partial charge in [-0.05, 0) is 62.8 Å². The van der Waals surface area contributed by atoms with Gasteiger partial charge >= 0.3 is 12.1 Å². The topological polar surface area (TPSA) is 111 Å². The quantitative estimate of drug-likeness (QED) is 0.482. The molecule has 1 aromatic heterocycles. The maximum atomic E-state index is 12.8. The Balaban J connectivity index is 1.30. The van der Waals surface area contributed by atoms with Crippen molar-refractivity contribution in [3.63, 3.8) is 0 Å². The van der Waals surface area contributed by atoms with Crippen molar-refractivity contribution in [3.05, 3.63) is 42.0 Å². The number of likely N-dealkylation sites (tertiary alicyclic amines) is 1. The van der Waals surface area contributed by atoms with Crippen LogP contribution >= 0.6 is 0 Å². The summed E-state index contributed by atoms with van der Waals surface area (Å²) in [4.78, 5) is 31.8. The molecular weight excluding hydrogens is 486 g/mol. The van der Waals surface area contributed by atoms with E-state index in [1.165, 1.54) is 12.1 Å². The summed E-state index contributed by atoms with van der Waals surface area (Å²) in [6, 6.07) is 10.1. The van der Waals surface area contributed by atoms with Crippen LogP contribution in [0.4, 0.5) is 15.3 Å². The van der Waals surface area contributed by atoms with Gasteiger partial charge < -0.3 is 35.0 Å². The molecule has 2 fully saturated rings. The third-order valence-corrected chi connectivity index (χ3v) is 7.55. The highest BCUT2D eigenvalue weighted by Gasteiger charge is 2.29. The number of morpholine rings is 1. The summed E-state index contributed by atoms with van der Waals surface area (Å²) < 4.78 is 6.20. The number of hydrogen-bond acceptors (Lipinski definition) is 6. The van der Waals surface area contributed by atoms with Crippen LogP contribution in [0.1, 0.15) is 38.7 Å². The minimum Gasteiger partial charge on any atom is -0.494 e. The van der Waals surface area contributed by atoms with Crippen LogP contribution in [0.15, 0.2) is 36.4 Å². The van der Waals surface area contributed by atoms with Gasteiger partial charge in [0.1, 0.15) is 0 Å². The number of ether oxygens (including phenoxy) is 1. The van der Waals surface area contributed by atoms with Crippen LogP contribution in [0.5, 0.6) is 11.8 Å². The monoisotopic (exact) mass is 527 g/mol. The van der Waals surface area contributed by atoms with Crippen LogP contribution in [0.2, 0.25) is 0 Å². The summed E-state index contributed by atoms with van der Waals surface area (Å²) in [6.45, 7) is 10.7. The molecule has 1 aromatic carbocycles. The van der Waals surface area contributed by atoms with E-state index in [9.17, 15) is 19.8 Å². The average molecular weight is 528 g/mol. The zero-order chi connectivity index (χ0) is 27.1. The average Bonchev–Trinajstić information content (AvgIpc) is 3.26. The molecule has 1 unspecified atom stereocenters. The molecule has 10 nitrogen and oxygen atoms in total. The van der Waals surface area contributed by atoms with E-state index in [1.54, 1.807) is 6.07 Å². The lowest BCUT2D eigenvalue weighted by Gasteiger charge is -2.39. The molecule has 2 aromatic rings. The number of aromatic nitrogens is 1. The van der Waals surface area contributed by atoms with Crippen LogP contribution in [0.3, 0.4) is 0 Å². The van der Waals surface area contributed by atoms with E-state index in [2.05, 4.69) is 30.1 Å². The van der Waals surface area contributed by atoms with Gasteiger partial charge in [0, 0.05) is 56.6 Å². The zero-order valence-corrected chi connectivity index (χ0v) is 22.5. The van der Waals surface area contributed by atoms with Gasteiger partial charge in [0.15, 0.2) is 0 Å². The number of amides is 3. The fraction of sp³-hybridized carbons (Fsp3) is 0.571. The molecular formula is C28H41N5O5. The summed E-state index contributed by atoms with van der Waals surface area (Å²) in [5.74, 6) is -0.0853.